The first-order valence-electron chi connectivity index (χ1n) is 17.6. The summed E-state index contributed by atoms with van der Waals surface area (Å²) in [6.07, 6.45) is 12.3. The smallest absolute Gasteiger partial charge is 0.305 e. The van der Waals surface area contributed by atoms with E-state index in [0.29, 0.717) is 119 Å². The van der Waals surface area contributed by atoms with Crippen LogP contribution >= 0.6 is 0 Å². The summed E-state index contributed by atoms with van der Waals surface area (Å²) >= 11 is 0. The molecule has 0 rings (SSSR count). The van der Waals surface area contributed by atoms with Gasteiger partial charge in [-0.2, -0.15) is 0 Å². The molecule has 0 aliphatic heterocycles. The zero-order valence-electron chi connectivity index (χ0n) is 29.1. The van der Waals surface area contributed by atoms with E-state index < -0.39 is 0 Å². The highest BCUT2D eigenvalue weighted by atomic mass is 16.6. The lowest BCUT2D eigenvalue weighted by Gasteiger charge is -2.09. The van der Waals surface area contributed by atoms with Crippen molar-refractivity contribution in [3.05, 3.63) is 0 Å². The number of carbonyl (C=O) groups excluding carboxylic acids is 2. The van der Waals surface area contributed by atoms with Gasteiger partial charge >= 0.3 is 11.9 Å². The van der Waals surface area contributed by atoms with Gasteiger partial charge in [-0.05, 0) is 12.8 Å². The van der Waals surface area contributed by atoms with Crippen molar-refractivity contribution in [3.63, 3.8) is 0 Å². The molecule has 0 fully saturated rings. The van der Waals surface area contributed by atoms with Gasteiger partial charge < -0.3 is 47.4 Å². The molecule has 0 heterocycles. The van der Waals surface area contributed by atoms with E-state index in [-0.39, 0.29) is 25.2 Å². The Morgan fingerprint density at radius 3 is 0.826 bits per heavy atom. The highest BCUT2D eigenvalue weighted by molar-refractivity contribution is 5.69. The second kappa shape index (κ2) is 39.8. The van der Waals surface area contributed by atoms with E-state index in [2.05, 4.69) is 13.8 Å². The lowest BCUT2D eigenvalue weighted by atomic mass is 10.1. The topological polar surface area (TPSA) is 126 Å². The van der Waals surface area contributed by atoms with Gasteiger partial charge in [0.15, 0.2) is 0 Å². The largest absolute Gasteiger partial charge is 0.463 e. The van der Waals surface area contributed by atoms with Crippen LogP contribution in [0.2, 0.25) is 0 Å². The van der Waals surface area contributed by atoms with Gasteiger partial charge in [0.2, 0.25) is 0 Å². The summed E-state index contributed by atoms with van der Waals surface area (Å²) in [5, 5.41) is 0. The van der Waals surface area contributed by atoms with E-state index in [1.54, 1.807) is 0 Å². The normalized spacial score (nSPS) is 11.3. The monoisotopic (exact) mass is 666 g/mol. The molecule has 274 valence electrons. The van der Waals surface area contributed by atoms with Gasteiger partial charge in [-0.1, -0.05) is 65.2 Å². The summed E-state index contributed by atoms with van der Waals surface area (Å²) in [5.41, 5.74) is 0. The fraction of sp³-hybridized carbons (Fsp3) is 0.941. The second-order valence-corrected chi connectivity index (χ2v) is 10.7. The lowest BCUT2D eigenvalue weighted by molar-refractivity contribution is -0.146. The van der Waals surface area contributed by atoms with Crippen molar-refractivity contribution in [2.24, 2.45) is 0 Å². The molecule has 0 saturated carbocycles. The third kappa shape index (κ3) is 38.8. The third-order valence-corrected chi connectivity index (χ3v) is 6.55. The Labute approximate surface area is 278 Å². The van der Waals surface area contributed by atoms with Crippen LogP contribution in [0, 0.1) is 0 Å². The average molecular weight is 667 g/mol. The van der Waals surface area contributed by atoms with Crippen LogP contribution in [0.1, 0.15) is 90.9 Å². The Balaban J connectivity index is 3.13. The molecule has 0 bridgehead atoms. The highest BCUT2D eigenvalue weighted by Gasteiger charge is 2.03. The molecule has 0 aromatic heterocycles. The molecule has 0 radical (unpaired) electrons. The van der Waals surface area contributed by atoms with Gasteiger partial charge in [0.25, 0.3) is 0 Å². The Hall–Kier alpha value is -1.38. The average Bonchev–Trinajstić information content (AvgIpc) is 3.05. The number of hydrogen-bond donors (Lipinski definition) is 0. The summed E-state index contributed by atoms with van der Waals surface area (Å²) in [5.74, 6) is -0.303. The zero-order valence-corrected chi connectivity index (χ0v) is 29.1. The molecule has 0 spiro atoms. The summed E-state index contributed by atoms with van der Waals surface area (Å²) in [6.45, 7) is 12.4. The van der Waals surface area contributed by atoms with Crippen LogP contribution in [-0.2, 0) is 57.0 Å². The van der Waals surface area contributed by atoms with Crippen molar-refractivity contribution in [2.45, 2.75) is 90.9 Å². The van der Waals surface area contributed by atoms with Crippen molar-refractivity contribution in [1.29, 1.82) is 0 Å². The fourth-order valence-electron chi connectivity index (χ4n) is 3.96. The summed E-state index contributed by atoms with van der Waals surface area (Å²) in [4.78, 5) is 23.2. The van der Waals surface area contributed by atoms with E-state index in [1.807, 2.05) is 0 Å². The minimum Gasteiger partial charge on any atom is -0.463 e. The maximum Gasteiger partial charge on any atom is 0.305 e. The minimum atomic E-state index is -0.160. The van der Waals surface area contributed by atoms with Crippen molar-refractivity contribution in [3.8, 4) is 0 Å². The second-order valence-electron chi connectivity index (χ2n) is 10.7. The van der Waals surface area contributed by atoms with Gasteiger partial charge in [-0.15, -0.1) is 0 Å². The Morgan fingerprint density at radius 2 is 0.522 bits per heavy atom. The molecule has 0 amide bonds. The molecule has 0 aliphatic rings. The zero-order chi connectivity index (χ0) is 33.4. The third-order valence-electron chi connectivity index (χ3n) is 6.55. The van der Waals surface area contributed by atoms with E-state index in [0.717, 1.165) is 32.1 Å². The number of hydrogen-bond acceptors (Lipinski definition) is 12. The standard InChI is InChI=1S/C34H66O12/c1-3-5-7-8-9-10-12-14-34(36)46-32-30-44-28-26-42-24-22-40-20-18-38-16-15-37-17-19-39-21-23-41-25-27-43-29-31-45-33(35)13-11-6-4-2/h3-32H2,1-2H3. The molecule has 0 unspecified atom stereocenters. The summed E-state index contributed by atoms with van der Waals surface area (Å²) in [7, 11) is 0. The lowest BCUT2D eigenvalue weighted by Crippen LogP contribution is -2.15. The number of rotatable bonds is 39. The molecule has 0 saturated heterocycles. The molecule has 0 aromatic carbocycles. The van der Waals surface area contributed by atoms with Crippen LogP contribution in [-0.4, -0.2) is 131 Å². The van der Waals surface area contributed by atoms with Gasteiger partial charge in [0.05, 0.1) is 106 Å². The van der Waals surface area contributed by atoms with Crippen LogP contribution in [0.4, 0.5) is 0 Å². The van der Waals surface area contributed by atoms with Crippen LogP contribution in [0.5, 0.6) is 0 Å². The predicted octanol–water partition coefficient (Wildman–Crippen LogP) is 4.93. The van der Waals surface area contributed by atoms with E-state index in [1.165, 1.54) is 32.1 Å². The highest BCUT2D eigenvalue weighted by Crippen LogP contribution is 2.08. The van der Waals surface area contributed by atoms with Gasteiger partial charge in [0.1, 0.15) is 13.2 Å². The number of esters is 2. The van der Waals surface area contributed by atoms with Crippen molar-refractivity contribution < 1.29 is 57.0 Å². The van der Waals surface area contributed by atoms with Crippen molar-refractivity contribution in [1.82, 2.24) is 0 Å². The van der Waals surface area contributed by atoms with Crippen molar-refractivity contribution >= 4 is 11.9 Å². The molecule has 0 N–H and O–H groups in total. The molecule has 12 nitrogen and oxygen atoms in total. The number of carbonyl (C=O) groups is 2. The van der Waals surface area contributed by atoms with Crippen LogP contribution in [0.3, 0.4) is 0 Å². The number of unbranched alkanes of at least 4 members (excludes halogenated alkanes) is 8. The number of ether oxygens (including phenoxy) is 10. The fourth-order valence-corrected chi connectivity index (χ4v) is 3.96. The first kappa shape index (κ1) is 44.6. The van der Waals surface area contributed by atoms with Crippen LogP contribution in [0.25, 0.3) is 0 Å². The van der Waals surface area contributed by atoms with Gasteiger partial charge in [0, 0.05) is 12.8 Å². The molecule has 0 aliphatic carbocycles. The Kier molecular flexibility index (Phi) is 38.6. The van der Waals surface area contributed by atoms with Gasteiger partial charge in [-0.25, -0.2) is 0 Å². The van der Waals surface area contributed by atoms with E-state index in [4.69, 9.17) is 47.4 Å². The molecular weight excluding hydrogens is 600 g/mol. The molecule has 0 atom stereocenters. The molecule has 12 heteroatoms. The molecule has 0 aromatic rings. The summed E-state index contributed by atoms with van der Waals surface area (Å²) in [6, 6.07) is 0. The first-order chi connectivity index (χ1) is 22.7. The molecular formula is C34H66O12. The SMILES string of the molecule is CCCCCCCCCC(=O)OCCOCCOCCOCCOCCOCCOCCOCCOCCOC(=O)CCCCC. The van der Waals surface area contributed by atoms with Crippen LogP contribution < -0.4 is 0 Å². The molecule has 46 heavy (non-hydrogen) atoms. The maximum absolute atomic E-state index is 11.7. The maximum atomic E-state index is 11.7. The van der Waals surface area contributed by atoms with Gasteiger partial charge in [-0.3, -0.25) is 9.59 Å². The minimum absolute atomic E-state index is 0.142. The summed E-state index contributed by atoms with van der Waals surface area (Å²) < 4.78 is 53.8. The quantitative estimate of drug-likeness (QED) is 0.0653. The van der Waals surface area contributed by atoms with Crippen molar-refractivity contribution in [2.75, 3.05) is 119 Å². The van der Waals surface area contributed by atoms with Crippen LogP contribution in [0.15, 0.2) is 0 Å². The first-order valence-corrected chi connectivity index (χ1v) is 17.6. The van der Waals surface area contributed by atoms with E-state index >= 15 is 0 Å². The Bertz CT molecular complexity index is 623. The Morgan fingerprint density at radius 1 is 0.304 bits per heavy atom. The predicted molar refractivity (Wildman–Crippen MR) is 175 cm³/mol. The van der Waals surface area contributed by atoms with E-state index in [9.17, 15) is 9.59 Å².